The van der Waals surface area contributed by atoms with E-state index in [9.17, 15) is 39.6 Å². The first-order chi connectivity index (χ1) is 29.3. The number of benzene rings is 7. The number of rotatable bonds is 14. The van der Waals surface area contributed by atoms with Crippen molar-refractivity contribution in [1.29, 1.82) is 0 Å². The highest BCUT2D eigenvalue weighted by Gasteiger charge is 2.39. The van der Waals surface area contributed by atoms with Crippen molar-refractivity contribution in [2.45, 2.75) is 6.04 Å². The number of hydrogen-bond donors (Lipinski definition) is 4. The highest BCUT2D eigenvalue weighted by atomic mass is 16.3. The minimum absolute atomic E-state index is 0.0795. The quantitative estimate of drug-likeness (QED) is 0.0324. The first-order valence-electron chi connectivity index (χ1n) is 19.4. The van der Waals surface area contributed by atoms with Crippen molar-refractivity contribution in [2.24, 2.45) is 20.6 Å². The molecule has 0 aromatic heterocycles. The largest absolute Gasteiger partial charge is 0.395 e. The zero-order valence-corrected chi connectivity index (χ0v) is 32.0. The maximum Gasteiger partial charge on any atom is 0.283 e. The molecule has 0 radical (unpaired) electrons. The zero-order valence-electron chi connectivity index (χ0n) is 32.0. The molecule has 2 amide bonds. The van der Waals surface area contributed by atoms with Crippen LogP contribution in [0, 0.1) is 0 Å². The Hall–Kier alpha value is -7.04. The summed E-state index contributed by atoms with van der Waals surface area (Å²) in [5.41, 5.74) is 3.57. The number of carbonyl (C=O) groups is 4. The van der Waals surface area contributed by atoms with Gasteiger partial charge in [0.05, 0.1) is 48.9 Å². The molecule has 0 fully saturated rings. The average Bonchev–Trinajstić information content (AvgIpc) is 3.27. The molecule has 1 aliphatic heterocycles. The fraction of sp³-hybridized carbons (Fsp3) is 0.200. The number of nitrogens with zero attached hydrogens (tertiary/aromatic N) is 7. The zero-order chi connectivity index (χ0) is 41.7. The highest BCUT2D eigenvalue weighted by molar-refractivity contribution is 6.42. The Morgan fingerprint density at radius 1 is 0.450 bits per heavy atom. The third-order valence-electron chi connectivity index (χ3n) is 11.2. The number of aliphatic hydroxyl groups excluding tert-OH is 4. The van der Waals surface area contributed by atoms with Gasteiger partial charge in [-0.2, -0.15) is 10.2 Å². The second-order valence-electron chi connectivity index (χ2n) is 14.5. The molecule has 15 nitrogen and oxygen atoms in total. The van der Waals surface area contributed by atoms with Gasteiger partial charge in [-0.1, -0.05) is 41.6 Å². The van der Waals surface area contributed by atoms with E-state index in [1.807, 2.05) is 34.1 Å². The van der Waals surface area contributed by atoms with Gasteiger partial charge >= 0.3 is 0 Å². The van der Waals surface area contributed by atoms with Crippen molar-refractivity contribution >= 4 is 89.2 Å². The highest BCUT2D eigenvalue weighted by Crippen LogP contribution is 2.46. The Kier molecular flexibility index (Phi) is 10.0. The van der Waals surface area contributed by atoms with Crippen LogP contribution in [0.1, 0.15) is 41.4 Å². The standard InChI is InChI=1S/C45H37N7O8/c53-21-17-50(18-22-54)27-5-1-25(2-6-27)46-48-41-42(57)33-13-9-29-31-11-15-35-40-36(16-12-32(38(31)40)30-10-14-34(43(41)58)39(33)37(29)30)45(60)52(44(35)59)49-47-26-3-7-28(8-4-26)51(19-23-55)20-24-56/h1-16,41,53-56H,17-24H2/b48-46+,49-47+. The molecule has 1 aliphatic carbocycles. The summed E-state index contributed by atoms with van der Waals surface area (Å²) < 4.78 is 0. The van der Waals surface area contributed by atoms with Gasteiger partial charge in [-0.05, 0) is 93.0 Å². The van der Waals surface area contributed by atoms with Gasteiger partial charge in [-0.15, -0.1) is 10.1 Å². The minimum Gasteiger partial charge on any atom is -0.395 e. The molecule has 60 heavy (non-hydrogen) atoms. The van der Waals surface area contributed by atoms with E-state index in [0.717, 1.165) is 37.9 Å². The second kappa shape index (κ2) is 15.6. The van der Waals surface area contributed by atoms with Gasteiger partial charge in [0.1, 0.15) is 0 Å². The van der Waals surface area contributed by atoms with Crippen molar-refractivity contribution in [1.82, 2.24) is 5.01 Å². The summed E-state index contributed by atoms with van der Waals surface area (Å²) in [6, 6.07) is 26.3. The lowest BCUT2D eigenvalue weighted by molar-refractivity contribution is 0.0601. The predicted molar refractivity (Wildman–Crippen MR) is 225 cm³/mol. The van der Waals surface area contributed by atoms with E-state index < -0.39 is 29.4 Å². The summed E-state index contributed by atoms with van der Waals surface area (Å²) in [5.74, 6) is -2.22. The number of hydrogen-bond acceptors (Lipinski definition) is 14. The molecule has 0 atom stereocenters. The number of Topliss-reactive ketones (excluding diaryl/α,β-unsaturated/α-hetero) is 2. The van der Waals surface area contributed by atoms with Gasteiger partial charge < -0.3 is 30.2 Å². The lowest BCUT2D eigenvalue weighted by atomic mass is 9.79. The molecule has 9 rings (SSSR count). The van der Waals surface area contributed by atoms with Crippen LogP contribution >= 0.6 is 0 Å². The number of anilines is 2. The molecule has 15 heteroatoms. The molecule has 1 heterocycles. The summed E-state index contributed by atoms with van der Waals surface area (Å²) in [6.07, 6.45) is 0. The Bertz CT molecular complexity index is 2600. The molecule has 2 aliphatic rings. The molecule has 7 aromatic carbocycles. The van der Waals surface area contributed by atoms with Crippen LogP contribution in [-0.4, -0.2) is 107 Å². The number of ketones is 2. The summed E-state index contributed by atoms with van der Waals surface area (Å²) in [7, 11) is 0. The number of amides is 2. The average molecular weight is 804 g/mol. The number of fused-ring (bicyclic) bond motifs is 2. The summed E-state index contributed by atoms with van der Waals surface area (Å²) in [6.45, 7) is 1.03. The maximum absolute atomic E-state index is 14.0. The Morgan fingerprint density at radius 2 is 0.817 bits per heavy atom. The molecule has 7 aromatic rings. The molecule has 4 N–H and O–H groups in total. The van der Waals surface area contributed by atoms with Crippen LogP contribution in [0.4, 0.5) is 22.7 Å². The monoisotopic (exact) mass is 803 g/mol. The van der Waals surface area contributed by atoms with Crippen molar-refractivity contribution < 1.29 is 39.6 Å². The summed E-state index contributed by atoms with van der Waals surface area (Å²) >= 11 is 0. The normalized spacial score (nSPS) is 14.4. The number of carbonyl (C=O) groups excluding carboxylic acids is 4. The summed E-state index contributed by atoms with van der Waals surface area (Å²) in [4.78, 5) is 59.6. The van der Waals surface area contributed by atoms with Crippen LogP contribution in [0.25, 0.3) is 43.1 Å². The van der Waals surface area contributed by atoms with Gasteiger partial charge in [-0.3, -0.25) is 19.2 Å². The number of azo groups is 1. The van der Waals surface area contributed by atoms with E-state index in [2.05, 4.69) is 20.6 Å². The lowest BCUT2D eigenvalue weighted by Crippen LogP contribution is -2.36. The van der Waals surface area contributed by atoms with Gasteiger partial charge in [0.25, 0.3) is 11.8 Å². The van der Waals surface area contributed by atoms with Crippen LogP contribution in [0.5, 0.6) is 0 Å². The van der Waals surface area contributed by atoms with E-state index in [0.29, 0.717) is 70.2 Å². The SMILES string of the molecule is O=C1c2ccc3c4ccc5c6c(ccc(c7ccc(c2c37)C(=O)C1/N=N/c1ccc(N(CCO)CCO)cc1)c64)C(=O)N(/N=N/c1ccc(N(CCO)CCO)cc1)C5=O. The lowest BCUT2D eigenvalue weighted by Gasteiger charge is -2.26. The van der Waals surface area contributed by atoms with E-state index in [-0.39, 0.29) is 37.6 Å². The van der Waals surface area contributed by atoms with Gasteiger partial charge in [0.2, 0.25) is 0 Å². The molecular formula is C45H37N7O8. The van der Waals surface area contributed by atoms with Crippen LogP contribution in [0.2, 0.25) is 0 Å². The second-order valence-corrected chi connectivity index (χ2v) is 14.5. The van der Waals surface area contributed by atoms with Gasteiger partial charge in [0, 0.05) is 59.5 Å². The van der Waals surface area contributed by atoms with Crippen LogP contribution < -0.4 is 9.80 Å². The Morgan fingerprint density at radius 3 is 1.22 bits per heavy atom. The molecule has 300 valence electrons. The first-order valence-corrected chi connectivity index (χ1v) is 19.4. The van der Waals surface area contributed by atoms with Crippen LogP contribution in [0.15, 0.2) is 118 Å². The Balaban J connectivity index is 1.05. The summed E-state index contributed by atoms with van der Waals surface area (Å²) in [5, 5.41) is 60.4. The topological polar surface area (TPSA) is 208 Å². The number of imide groups is 1. The van der Waals surface area contributed by atoms with Crippen molar-refractivity contribution in [3.8, 4) is 0 Å². The van der Waals surface area contributed by atoms with Gasteiger partial charge in [0.15, 0.2) is 17.6 Å². The minimum atomic E-state index is -1.38. The maximum atomic E-state index is 14.0. The van der Waals surface area contributed by atoms with Crippen molar-refractivity contribution in [3.63, 3.8) is 0 Å². The number of aliphatic hydroxyl groups is 4. The van der Waals surface area contributed by atoms with E-state index >= 15 is 0 Å². The van der Waals surface area contributed by atoms with E-state index in [4.69, 9.17) is 0 Å². The molecular weight excluding hydrogens is 767 g/mol. The van der Waals surface area contributed by atoms with Crippen molar-refractivity contribution in [3.05, 3.63) is 119 Å². The molecule has 0 bridgehead atoms. The first kappa shape index (κ1) is 38.5. The molecule has 0 saturated carbocycles. The fourth-order valence-corrected chi connectivity index (χ4v) is 8.48. The Labute approximate surface area is 341 Å². The third kappa shape index (κ3) is 6.22. The predicted octanol–water partition coefficient (Wildman–Crippen LogP) is 6.15. The van der Waals surface area contributed by atoms with Gasteiger partial charge in [-0.25, -0.2) is 0 Å². The van der Waals surface area contributed by atoms with Crippen LogP contribution in [0.3, 0.4) is 0 Å². The fourth-order valence-electron chi connectivity index (χ4n) is 8.48. The van der Waals surface area contributed by atoms with Crippen molar-refractivity contribution in [2.75, 3.05) is 62.4 Å². The third-order valence-corrected chi connectivity index (χ3v) is 11.2. The van der Waals surface area contributed by atoms with Crippen LogP contribution in [-0.2, 0) is 0 Å². The smallest absolute Gasteiger partial charge is 0.283 e. The molecule has 0 saturated heterocycles. The molecule has 0 spiro atoms. The van der Waals surface area contributed by atoms with E-state index in [1.54, 1.807) is 72.8 Å². The molecule has 0 unspecified atom stereocenters. The van der Waals surface area contributed by atoms with E-state index in [1.165, 1.54) is 0 Å².